The summed E-state index contributed by atoms with van der Waals surface area (Å²) in [5.41, 5.74) is 1.71. The van der Waals surface area contributed by atoms with E-state index in [9.17, 15) is 9.59 Å². The second-order valence-electron chi connectivity index (χ2n) is 4.18. The third-order valence-electron chi connectivity index (χ3n) is 2.45. The van der Waals surface area contributed by atoms with Gasteiger partial charge in [0.15, 0.2) is 5.78 Å². The zero-order valence-corrected chi connectivity index (χ0v) is 12.0. The van der Waals surface area contributed by atoms with E-state index in [1.807, 2.05) is 13.8 Å². The van der Waals surface area contributed by atoms with Crippen molar-refractivity contribution >= 4 is 23.4 Å². The quantitative estimate of drug-likeness (QED) is 0.595. The lowest BCUT2D eigenvalue weighted by Crippen LogP contribution is -2.18. The molecule has 1 aromatic rings. The summed E-state index contributed by atoms with van der Waals surface area (Å²) in [6.45, 7) is 5.51. The molecule has 0 fully saturated rings. The second kappa shape index (κ2) is 7.14. The van der Waals surface area contributed by atoms with Gasteiger partial charge < -0.3 is 9.47 Å². The van der Waals surface area contributed by atoms with Crippen molar-refractivity contribution < 1.29 is 19.1 Å². The van der Waals surface area contributed by atoms with Crippen LogP contribution in [0.5, 0.6) is 5.75 Å². The van der Waals surface area contributed by atoms with Crippen LogP contribution >= 0.6 is 11.6 Å². The molecule has 0 N–H and O–H groups in total. The lowest BCUT2D eigenvalue weighted by Gasteiger charge is -2.11. The number of benzene rings is 1. The zero-order valence-electron chi connectivity index (χ0n) is 11.3. The van der Waals surface area contributed by atoms with Gasteiger partial charge in [0.2, 0.25) is 0 Å². The molecule has 0 spiro atoms. The first-order valence-corrected chi connectivity index (χ1v) is 6.38. The Morgan fingerprint density at radius 2 is 1.79 bits per heavy atom. The Hall–Kier alpha value is -1.55. The standard InChI is InChI=1S/C14H17ClO4/c1-4-18-13(17)7-12(16)8-19-14-9(2)5-11(15)6-10(14)3/h5-6H,4,7-8H2,1-3H3. The van der Waals surface area contributed by atoms with Crippen LogP contribution in [0.2, 0.25) is 5.02 Å². The fourth-order valence-corrected chi connectivity index (χ4v) is 2.03. The van der Waals surface area contributed by atoms with Gasteiger partial charge in [-0.2, -0.15) is 0 Å². The summed E-state index contributed by atoms with van der Waals surface area (Å²) in [6, 6.07) is 3.53. The highest BCUT2D eigenvalue weighted by Crippen LogP contribution is 2.26. The van der Waals surface area contributed by atoms with Gasteiger partial charge in [-0.3, -0.25) is 9.59 Å². The highest BCUT2D eigenvalue weighted by Gasteiger charge is 2.13. The molecule has 0 atom stereocenters. The number of ketones is 1. The number of Topliss-reactive ketones (excluding diaryl/α,β-unsaturated/α-hetero) is 1. The first-order valence-electron chi connectivity index (χ1n) is 6.01. The average Bonchev–Trinajstić information content (AvgIpc) is 2.27. The molecular weight excluding hydrogens is 268 g/mol. The summed E-state index contributed by atoms with van der Waals surface area (Å²) in [7, 11) is 0. The Labute approximate surface area is 117 Å². The fraction of sp³-hybridized carbons (Fsp3) is 0.429. The van der Waals surface area contributed by atoms with Crippen molar-refractivity contribution in [2.45, 2.75) is 27.2 Å². The van der Waals surface area contributed by atoms with Crippen LogP contribution in [0.4, 0.5) is 0 Å². The summed E-state index contributed by atoms with van der Waals surface area (Å²) in [4.78, 5) is 22.7. The Morgan fingerprint density at radius 3 is 2.32 bits per heavy atom. The molecule has 0 unspecified atom stereocenters. The number of aryl methyl sites for hydroxylation is 2. The van der Waals surface area contributed by atoms with Gasteiger partial charge >= 0.3 is 5.97 Å². The van der Waals surface area contributed by atoms with Crippen molar-refractivity contribution in [2.24, 2.45) is 0 Å². The van der Waals surface area contributed by atoms with Gasteiger partial charge in [0.05, 0.1) is 6.61 Å². The molecular formula is C14H17ClO4. The van der Waals surface area contributed by atoms with E-state index in [1.54, 1.807) is 19.1 Å². The Morgan fingerprint density at radius 1 is 1.21 bits per heavy atom. The van der Waals surface area contributed by atoms with E-state index in [4.69, 9.17) is 21.1 Å². The Bertz CT molecular complexity index is 459. The number of ether oxygens (including phenoxy) is 2. The van der Waals surface area contributed by atoms with Gasteiger partial charge in [-0.25, -0.2) is 0 Å². The van der Waals surface area contributed by atoms with Crippen LogP contribution in [0.15, 0.2) is 12.1 Å². The summed E-state index contributed by atoms with van der Waals surface area (Å²) >= 11 is 5.90. The number of rotatable bonds is 6. The number of esters is 1. The van der Waals surface area contributed by atoms with E-state index < -0.39 is 5.97 Å². The topological polar surface area (TPSA) is 52.6 Å². The summed E-state index contributed by atoms with van der Waals surface area (Å²) in [5, 5.41) is 0.625. The van der Waals surface area contributed by atoms with E-state index in [0.717, 1.165) is 11.1 Å². The minimum Gasteiger partial charge on any atom is -0.485 e. The molecule has 0 saturated carbocycles. The second-order valence-corrected chi connectivity index (χ2v) is 4.61. The molecule has 0 amide bonds. The molecule has 5 heteroatoms. The third kappa shape index (κ3) is 4.91. The number of hydrogen-bond donors (Lipinski definition) is 0. The van der Waals surface area contributed by atoms with Gasteiger partial charge in [-0.05, 0) is 44.0 Å². The first-order chi connectivity index (χ1) is 8.93. The normalized spacial score (nSPS) is 10.1. The average molecular weight is 285 g/mol. The number of carbonyl (C=O) groups excluding carboxylic acids is 2. The van der Waals surface area contributed by atoms with E-state index in [1.165, 1.54) is 0 Å². The maximum Gasteiger partial charge on any atom is 0.313 e. The van der Waals surface area contributed by atoms with Crippen molar-refractivity contribution in [3.63, 3.8) is 0 Å². The zero-order chi connectivity index (χ0) is 14.4. The first kappa shape index (κ1) is 15.5. The van der Waals surface area contributed by atoms with Gasteiger partial charge in [0, 0.05) is 5.02 Å². The smallest absolute Gasteiger partial charge is 0.313 e. The summed E-state index contributed by atoms with van der Waals surface area (Å²) < 4.78 is 10.1. The third-order valence-corrected chi connectivity index (χ3v) is 2.67. The minimum atomic E-state index is -0.527. The van der Waals surface area contributed by atoms with Gasteiger partial charge in [0.1, 0.15) is 18.8 Å². The summed E-state index contributed by atoms with van der Waals surface area (Å²) in [6.07, 6.45) is -0.264. The SMILES string of the molecule is CCOC(=O)CC(=O)COc1c(C)cc(Cl)cc1C. The monoisotopic (exact) mass is 284 g/mol. The van der Waals surface area contributed by atoms with Crippen molar-refractivity contribution in [3.8, 4) is 5.75 Å². The predicted octanol–water partition coefficient (Wildman–Crippen LogP) is 2.86. The fourth-order valence-electron chi connectivity index (χ4n) is 1.70. The number of hydrogen-bond acceptors (Lipinski definition) is 4. The van der Waals surface area contributed by atoms with Crippen LogP contribution < -0.4 is 4.74 Å². The minimum absolute atomic E-state index is 0.151. The van der Waals surface area contributed by atoms with E-state index in [2.05, 4.69) is 0 Å². The molecule has 0 aliphatic carbocycles. The van der Waals surface area contributed by atoms with Crippen LogP contribution in [0, 0.1) is 13.8 Å². The highest BCUT2D eigenvalue weighted by molar-refractivity contribution is 6.30. The predicted molar refractivity (Wildman–Crippen MR) is 72.7 cm³/mol. The van der Waals surface area contributed by atoms with Crippen molar-refractivity contribution in [3.05, 3.63) is 28.3 Å². The van der Waals surface area contributed by atoms with Gasteiger partial charge in [0.25, 0.3) is 0 Å². The molecule has 0 aliphatic heterocycles. The van der Waals surface area contributed by atoms with Crippen LogP contribution in [0.1, 0.15) is 24.5 Å². The molecule has 0 aromatic heterocycles. The largest absolute Gasteiger partial charge is 0.485 e. The molecule has 1 aromatic carbocycles. The maximum absolute atomic E-state index is 11.5. The molecule has 0 aliphatic rings. The maximum atomic E-state index is 11.5. The Balaban J connectivity index is 2.58. The Kier molecular flexibility index (Phi) is 5.83. The van der Waals surface area contributed by atoms with Gasteiger partial charge in [-0.15, -0.1) is 0 Å². The van der Waals surface area contributed by atoms with Crippen molar-refractivity contribution in [2.75, 3.05) is 13.2 Å². The van der Waals surface area contributed by atoms with Gasteiger partial charge in [-0.1, -0.05) is 11.6 Å². The molecule has 4 nitrogen and oxygen atoms in total. The lowest BCUT2D eigenvalue weighted by molar-refractivity contribution is -0.145. The van der Waals surface area contributed by atoms with E-state index >= 15 is 0 Å². The van der Waals surface area contributed by atoms with Crippen molar-refractivity contribution in [1.82, 2.24) is 0 Å². The molecule has 104 valence electrons. The number of carbonyl (C=O) groups is 2. The molecule has 19 heavy (non-hydrogen) atoms. The highest BCUT2D eigenvalue weighted by atomic mass is 35.5. The summed E-state index contributed by atoms with van der Waals surface area (Å²) in [5.74, 6) is -0.213. The molecule has 0 bridgehead atoms. The lowest BCUT2D eigenvalue weighted by atomic mass is 10.1. The molecule has 1 rings (SSSR count). The van der Waals surface area contributed by atoms with Crippen LogP contribution in [0.3, 0.4) is 0 Å². The van der Waals surface area contributed by atoms with Crippen LogP contribution in [-0.4, -0.2) is 25.0 Å². The number of halogens is 1. The van der Waals surface area contributed by atoms with E-state index in [0.29, 0.717) is 10.8 Å². The van der Waals surface area contributed by atoms with Crippen LogP contribution in [-0.2, 0) is 14.3 Å². The molecule has 0 radical (unpaired) electrons. The molecule has 0 saturated heterocycles. The van der Waals surface area contributed by atoms with Crippen LogP contribution in [0.25, 0.3) is 0 Å². The molecule has 0 heterocycles. The van der Waals surface area contributed by atoms with E-state index in [-0.39, 0.29) is 25.4 Å². The van der Waals surface area contributed by atoms with Crippen molar-refractivity contribution in [1.29, 1.82) is 0 Å².